The second-order valence-corrected chi connectivity index (χ2v) is 4.63. The summed E-state index contributed by atoms with van der Waals surface area (Å²) in [6.07, 6.45) is 0.853. The van der Waals surface area contributed by atoms with Gasteiger partial charge in [0.2, 0.25) is 0 Å². The number of aliphatic hydroxyl groups excluding tert-OH is 1. The molecule has 0 bridgehead atoms. The van der Waals surface area contributed by atoms with Crippen molar-refractivity contribution in [3.63, 3.8) is 0 Å². The predicted octanol–water partition coefficient (Wildman–Crippen LogP) is 3.14. The summed E-state index contributed by atoms with van der Waals surface area (Å²) in [6, 6.07) is 5.63. The van der Waals surface area contributed by atoms with Crippen LogP contribution in [0.3, 0.4) is 0 Å². The minimum absolute atomic E-state index is 0.651. The van der Waals surface area contributed by atoms with Crippen LogP contribution in [0.5, 0.6) is 11.5 Å². The quantitative estimate of drug-likeness (QED) is 0.847. The maximum atomic E-state index is 9.77. The van der Waals surface area contributed by atoms with Crippen LogP contribution in [0.25, 0.3) is 10.1 Å². The van der Waals surface area contributed by atoms with E-state index in [1.165, 1.54) is 17.4 Å². The number of fused-ring (bicyclic) bond motifs is 1. The third-order valence-electron chi connectivity index (χ3n) is 2.58. The number of hydrogen-bond donors (Lipinski definition) is 1. The van der Waals surface area contributed by atoms with Crippen LogP contribution in [-0.4, -0.2) is 19.3 Å². The molecule has 0 aliphatic carbocycles. The van der Waals surface area contributed by atoms with Gasteiger partial charge in [-0.2, -0.15) is 0 Å². The maximum absolute atomic E-state index is 9.77. The van der Waals surface area contributed by atoms with Crippen molar-refractivity contribution in [2.45, 2.75) is 6.10 Å². The monoisotopic (exact) mass is 250 g/mol. The van der Waals surface area contributed by atoms with Gasteiger partial charge in [0.25, 0.3) is 0 Å². The van der Waals surface area contributed by atoms with Crippen molar-refractivity contribution < 1.29 is 14.6 Å². The zero-order valence-corrected chi connectivity index (χ0v) is 10.6. The van der Waals surface area contributed by atoms with Gasteiger partial charge >= 0.3 is 0 Å². The number of ether oxygens (including phenoxy) is 2. The highest BCUT2D eigenvalue weighted by Gasteiger charge is 2.14. The molecule has 0 fully saturated rings. The molecule has 0 saturated heterocycles. The maximum Gasteiger partial charge on any atom is 0.136 e. The summed E-state index contributed by atoms with van der Waals surface area (Å²) >= 11 is 1.48. The van der Waals surface area contributed by atoms with Gasteiger partial charge in [-0.3, -0.25) is 0 Å². The molecule has 4 heteroatoms. The number of rotatable bonds is 4. The van der Waals surface area contributed by atoms with Gasteiger partial charge in [-0.05, 0) is 18.2 Å². The van der Waals surface area contributed by atoms with E-state index in [0.717, 1.165) is 26.5 Å². The molecule has 90 valence electrons. The molecule has 1 aromatic carbocycles. The molecule has 3 nitrogen and oxygen atoms in total. The van der Waals surface area contributed by atoms with Crippen molar-refractivity contribution in [3.05, 3.63) is 35.7 Å². The zero-order chi connectivity index (χ0) is 12.4. The Morgan fingerprint density at radius 2 is 1.94 bits per heavy atom. The molecule has 1 N–H and O–H groups in total. The molecular weight excluding hydrogens is 236 g/mol. The molecule has 17 heavy (non-hydrogen) atoms. The first-order chi connectivity index (χ1) is 8.21. The summed E-state index contributed by atoms with van der Waals surface area (Å²) < 4.78 is 11.6. The van der Waals surface area contributed by atoms with Crippen LogP contribution < -0.4 is 9.47 Å². The fraction of sp³-hybridized carbons (Fsp3) is 0.231. The van der Waals surface area contributed by atoms with Crippen molar-refractivity contribution in [3.8, 4) is 11.5 Å². The molecule has 0 spiro atoms. The molecule has 0 saturated carbocycles. The molecule has 0 amide bonds. The Kier molecular flexibility index (Phi) is 3.36. The smallest absolute Gasteiger partial charge is 0.136 e. The molecule has 0 radical (unpaired) electrons. The normalized spacial score (nSPS) is 12.4. The largest absolute Gasteiger partial charge is 0.496 e. The molecular formula is C13H14O3S. The van der Waals surface area contributed by atoms with Gasteiger partial charge in [-0.1, -0.05) is 6.08 Å². The van der Waals surface area contributed by atoms with Crippen LogP contribution in [0.1, 0.15) is 11.0 Å². The summed E-state index contributed by atoms with van der Waals surface area (Å²) in [4.78, 5) is 0.831. The summed E-state index contributed by atoms with van der Waals surface area (Å²) in [5, 5.41) is 10.7. The predicted molar refractivity (Wildman–Crippen MR) is 70.1 cm³/mol. The molecule has 1 atom stereocenters. The lowest BCUT2D eigenvalue weighted by atomic mass is 10.2. The Labute approximate surface area is 104 Å². The van der Waals surface area contributed by atoms with Gasteiger partial charge in [-0.25, -0.2) is 0 Å². The summed E-state index contributed by atoms with van der Waals surface area (Å²) in [5.41, 5.74) is 0. The molecule has 2 rings (SSSR count). The highest BCUT2D eigenvalue weighted by atomic mass is 32.1. The first kappa shape index (κ1) is 12.0. The lowest BCUT2D eigenvalue weighted by Gasteiger charge is -2.04. The fourth-order valence-electron chi connectivity index (χ4n) is 1.69. The highest BCUT2D eigenvalue weighted by Crippen LogP contribution is 2.41. The minimum atomic E-state index is -0.651. The van der Waals surface area contributed by atoms with E-state index in [1.54, 1.807) is 14.2 Å². The van der Waals surface area contributed by atoms with E-state index in [2.05, 4.69) is 6.58 Å². The average Bonchev–Trinajstić information content (AvgIpc) is 2.81. The first-order valence-electron chi connectivity index (χ1n) is 5.16. The first-order valence-corrected chi connectivity index (χ1v) is 5.98. The van der Waals surface area contributed by atoms with Crippen molar-refractivity contribution in [2.75, 3.05) is 14.2 Å². The van der Waals surface area contributed by atoms with E-state index in [0.29, 0.717) is 0 Å². The second kappa shape index (κ2) is 4.77. The Morgan fingerprint density at radius 3 is 2.53 bits per heavy atom. The van der Waals surface area contributed by atoms with Gasteiger partial charge in [0.15, 0.2) is 0 Å². The molecule has 0 aliphatic heterocycles. The Morgan fingerprint density at radius 1 is 1.29 bits per heavy atom. The molecule has 1 aromatic heterocycles. The van der Waals surface area contributed by atoms with Gasteiger partial charge < -0.3 is 14.6 Å². The minimum Gasteiger partial charge on any atom is -0.496 e. The Balaban J connectivity index is 2.67. The fourth-order valence-corrected chi connectivity index (χ4v) is 2.84. The standard InChI is InChI=1S/C13H14O3S/c1-4-9(14)12-7-8-10(15-2)5-6-11(16-3)13(8)17-12/h4-7,9,14H,1H2,2-3H3. The van der Waals surface area contributed by atoms with Crippen molar-refractivity contribution in [2.24, 2.45) is 0 Å². The van der Waals surface area contributed by atoms with Gasteiger partial charge in [0.1, 0.15) is 17.6 Å². The molecule has 1 heterocycles. The van der Waals surface area contributed by atoms with Crippen molar-refractivity contribution in [1.29, 1.82) is 0 Å². The van der Waals surface area contributed by atoms with E-state index < -0.39 is 6.10 Å². The third kappa shape index (κ3) is 2.01. The SMILES string of the molecule is C=CC(O)c1cc2c(OC)ccc(OC)c2s1. The summed E-state index contributed by atoms with van der Waals surface area (Å²) in [5.74, 6) is 1.56. The summed E-state index contributed by atoms with van der Waals surface area (Å²) in [6.45, 7) is 3.59. The van der Waals surface area contributed by atoms with E-state index in [4.69, 9.17) is 9.47 Å². The lowest BCUT2D eigenvalue weighted by molar-refractivity contribution is 0.233. The number of thiophene rings is 1. The topological polar surface area (TPSA) is 38.7 Å². The average molecular weight is 250 g/mol. The third-order valence-corrected chi connectivity index (χ3v) is 3.80. The van der Waals surface area contributed by atoms with Crippen molar-refractivity contribution in [1.82, 2.24) is 0 Å². The van der Waals surface area contributed by atoms with Gasteiger partial charge in [0, 0.05) is 10.3 Å². The van der Waals surface area contributed by atoms with Crippen LogP contribution in [0.4, 0.5) is 0 Å². The van der Waals surface area contributed by atoms with Crippen LogP contribution >= 0.6 is 11.3 Å². The number of hydrogen-bond acceptors (Lipinski definition) is 4. The van der Waals surface area contributed by atoms with Crippen molar-refractivity contribution >= 4 is 21.4 Å². The number of benzene rings is 1. The van der Waals surface area contributed by atoms with E-state index in [9.17, 15) is 5.11 Å². The second-order valence-electron chi connectivity index (χ2n) is 3.54. The number of methoxy groups -OCH3 is 2. The Bertz CT molecular complexity index is 504. The van der Waals surface area contributed by atoms with Gasteiger partial charge in [0.05, 0.1) is 18.9 Å². The van der Waals surface area contributed by atoms with Crippen LogP contribution in [0.2, 0.25) is 0 Å². The summed E-state index contributed by atoms with van der Waals surface area (Å²) in [7, 11) is 3.26. The van der Waals surface area contributed by atoms with E-state index >= 15 is 0 Å². The van der Waals surface area contributed by atoms with Crippen LogP contribution in [0, 0.1) is 0 Å². The van der Waals surface area contributed by atoms with E-state index in [1.807, 2.05) is 18.2 Å². The molecule has 2 aromatic rings. The Hall–Kier alpha value is -1.52. The van der Waals surface area contributed by atoms with E-state index in [-0.39, 0.29) is 0 Å². The van der Waals surface area contributed by atoms with Crippen LogP contribution in [-0.2, 0) is 0 Å². The van der Waals surface area contributed by atoms with Gasteiger partial charge in [-0.15, -0.1) is 17.9 Å². The number of aliphatic hydroxyl groups is 1. The lowest BCUT2D eigenvalue weighted by Crippen LogP contribution is -1.86. The molecule has 0 aliphatic rings. The molecule has 1 unspecified atom stereocenters. The highest BCUT2D eigenvalue weighted by molar-refractivity contribution is 7.19. The zero-order valence-electron chi connectivity index (χ0n) is 9.77. The van der Waals surface area contributed by atoms with Crippen LogP contribution in [0.15, 0.2) is 30.9 Å².